The molecule has 1 aromatic heterocycles. The van der Waals surface area contributed by atoms with Crippen molar-refractivity contribution in [2.24, 2.45) is 0 Å². The molecule has 0 aliphatic heterocycles. The van der Waals surface area contributed by atoms with Gasteiger partial charge >= 0.3 is 0 Å². The highest BCUT2D eigenvalue weighted by Crippen LogP contribution is 2.36. The second kappa shape index (κ2) is 6.08. The summed E-state index contributed by atoms with van der Waals surface area (Å²) in [4.78, 5) is 3.33. The Morgan fingerprint density at radius 2 is 1.88 bits per heavy atom. The summed E-state index contributed by atoms with van der Waals surface area (Å²) in [5, 5.41) is 10.2. The van der Waals surface area contributed by atoms with Crippen LogP contribution in [0, 0.1) is 5.82 Å². The second-order valence-electron chi connectivity index (χ2n) is 4.86. The highest BCUT2D eigenvalue weighted by atomic mass is 35.5. The van der Waals surface area contributed by atoms with E-state index in [0.29, 0.717) is 5.39 Å². The van der Waals surface area contributed by atoms with Crippen molar-refractivity contribution < 1.29 is 17.9 Å². The van der Waals surface area contributed by atoms with Crippen LogP contribution < -0.4 is 4.72 Å². The SMILES string of the molecule is O=S(=O)(Nc1ccc(F)c2cnccc12)c1cc(Cl)cc(Cl)c1O. The third-order valence-electron chi connectivity index (χ3n) is 3.29. The second-order valence-corrected chi connectivity index (χ2v) is 7.35. The molecule has 0 saturated heterocycles. The van der Waals surface area contributed by atoms with Gasteiger partial charge in [0.1, 0.15) is 10.7 Å². The van der Waals surface area contributed by atoms with Gasteiger partial charge in [-0.15, -0.1) is 0 Å². The third-order valence-corrected chi connectivity index (χ3v) is 5.18. The smallest absolute Gasteiger partial charge is 0.265 e. The van der Waals surface area contributed by atoms with Crippen LogP contribution in [-0.2, 0) is 10.0 Å². The first-order chi connectivity index (χ1) is 11.3. The van der Waals surface area contributed by atoms with Crippen molar-refractivity contribution in [2.75, 3.05) is 4.72 Å². The molecule has 0 radical (unpaired) electrons. The van der Waals surface area contributed by atoms with Crippen molar-refractivity contribution in [3.8, 4) is 5.75 Å². The molecule has 124 valence electrons. The fourth-order valence-corrected chi connectivity index (χ4v) is 4.03. The number of phenols is 1. The highest BCUT2D eigenvalue weighted by Gasteiger charge is 2.23. The van der Waals surface area contributed by atoms with E-state index in [1.807, 2.05) is 0 Å². The lowest BCUT2D eigenvalue weighted by atomic mass is 10.1. The topological polar surface area (TPSA) is 79.3 Å². The Morgan fingerprint density at radius 1 is 1.12 bits per heavy atom. The number of hydrogen-bond acceptors (Lipinski definition) is 4. The molecule has 0 amide bonds. The zero-order valence-corrected chi connectivity index (χ0v) is 14.1. The number of anilines is 1. The van der Waals surface area contributed by atoms with Crippen LogP contribution in [0.2, 0.25) is 10.0 Å². The lowest BCUT2D eigenvalue weighted by Gasteiger charge is -2.13. The molecule has 24 heavy (non-hydrogen) atoms. The lowest BCUT2D eigenvalue weighted by molar-refractivity contribution is 0.459. The quantitative estimate of drug-likeness (QED) is 0.707. The van der Waals surface area contributed by atoms with Crippen molar-refractivity contribution in [1.82, 2.24) is 4.98 Å². The summed E-state index contributed by atoms with van der Waals surface area (Å²) in [7, 11) is -4.21. The van der Waals surface area contributed by atoms with E-state index in [9.17, 15) is 17.9 Å². The van der Waals surface area contributed by atoms with E-state index >= 15 is 0 Å². The highest BCUT2D eigenvalue weighted by molar-refractivity contribution is 7.92. The van der Waals surface area contributed by atoms with Gasteiger partial charge in [-0.1, -0.05) is 23.2 Å². The van der Waals surface area contributed by atoms with Crippen LogP contribution in [-0.4, -0.2) is 18.5 Å². The molecule has 5 nitrogen and oxygen atoms in total. The van der Waals surface area contributed by atoms with Gasteiger partial charge in [0, 0.05) is 28.2 Å². The summed E-state index contributed by atoms with van der Waals surface area (Å²) < 4.78 is 41.2. The zero-order valence-electron chi connectivity index (χ0n) is 11.8. The van der Waals surface area contributed by atoms with E-state index in [-0.39, 0.29) is 21.1 Å². The minimum Gasteiger partial charge on any atom is -0.505 e. The number of phenolic OH excluding ortho intramolecular Hbond substituents is 1. The first-order valence-corrected chi connectivity index (χ1v) is 8.76. The lowest BCUT2D eigenvalue weighted by Crippen LogP contribution is -2.13. The number of fused-ring (bicyclic) bond motifs is 1. The Bertz CT molecular complexity index is 1060. The van der Waals surface area contributed by atoms with E-state index in [0.717, 1.165) is 12.1 Å². The molecule has 0 unspecified atom stereocenters. The third kappa shape index (κ3) is 2.98. The number of nitrogens with zero attached hydrogens (tertiary/aromatic N) is 1. The van der Waals surface area contributed by atoms with Crippen molar-refractivity contribution in [3.05, 3.63) is 58.6 Å². The van der Waals surface area contributed by atoms with Gasteiger partial charge in [-0.05, 0) is 30.3 Å². The molecule has 0 aliphatic carbocycles. The van der Waals surface area contributed by atoms with Gasteiger partial charge < -0.3 is 5.11 Å². The van der Waals surface area contributed by atoms with Crippen molar-refractivity contribution >= 4 is 49.7 Å². The number of halogens is 3. The number of sulfonamides is 1. The van der Waals surface area contributed by atoms with Gasteiger partial charge in [0.15, 0.2) is 5.75 Å². The van der Waals surface area contributed by atoms with E-state index in [1.54, 1.807) is 0 Å². The van der Waals surface area contributed by atoms with Crippen molar-refractivity contribution in [1.29, 1.82) is 0 Å². The Balaban J connectivity index is 2.14. The normalized spacial score (nSPS) is 11.6. The number of nitrogens with one attached hydrogen (secondary N) is 1. The van der Waals surface area contributed by atoms with Crippen molar-refractivity contribution in [2.45, 2.75) is 4.90 Å². The minimum absolute atomic E-state index is 0.0475. The predicted molar refractivity (Wildman–Crippen MR) is 90.6 cm³/mol. The summed E-state index contributed by atoms with van der Waals surface area (Å²) >= 11 is 11.6. The standard InChI is InChI=1S/C15H9Cl2FN2O3S/c16-8-5-11(17)15(21)14(6-8)24(22,23)20-13-2-1-12(18)10-7-19-4-3-9(10)13/h1-7,20-21H. The minimum atomic E-state index is -4.21. The zero-order chi connectivity index (χ0) is 17.5. The van der Waals surface area contributed by atoms with E-state index in [4.69, 9.17) is 23.2 Å². The van der Waals surface area contributed by atoms with Crippen molar-refractivity contribution in [3.63, 3.8) is 0 Å². The van der Waals surface area contributed by atoms with E-state index in [2.05, 4.69) is 9.71 Å². The van der Waals surface area contributed by atoms with Crippen LogP contribution in [0.25, 0.3) is 10.8 Å². The van der Waals surface area contributed by atoms with Crippen LogP contribution >= 0.6 is 23.2 Å². The number of pyridine rings is 1. The molecule has 0 bridgehead atoms. The van der Waals surface area contributed by atoms with Crippen LogP contribution in [0.1, 0.15) is 0 Å². The first-order valence-electron chi connectivity index (χ1n) is 6.52. The molecule has 2 aromatic carbocycles. The predicted octanol–water partition coefficient (Wildman–Crippen LogP) is 4.19. The fraction of sp³-hybridized carbons (Fsp3) is 0. The Morgan fingerprint density at radius 3 is 2.62 bits per heavy atom. The Hall–Kier alpha value is -2.09. The molecule has 0 saturated carbocycles. The number of benzene rings is 2. The Labute approximate surface area is 146 Å². The molecular weight excluding hydrogens is 378 g/mol. The van der Waals surface area contributed by atoms with Gasteiger partial charge in [0.25, 0.3) is 10.0 Å². The summed E-state index contributed by atoms with van der Waals surface area (Å²) in [5.74, 6) is -1.16. The average molecular weight is 387 g/mol. The largest absolute Gasteiger partial charge is 0.505 e. The number of rotatable bonds is 3. The van der Waals surface area contributed by atoms with Gasteiger partial charge in [-0.25, -0.2) is 12.8 Å². The monoisotopic (exact) mass is 386 g/mol. The number of hydrogen-bond donors (Lipinski definition) is 2. The molecular formula is C15H9Cl2FN2O3S. The molecule has 3 rings (SSSR count). The number of aromatic nitrogens is 1. The van der Waals surface area contributed by atoms with E-state index < -0.39 is 26.5 Å². The van der Waals surface area contributed by atoms with Gasteiger partial charge in [-0.2, -0.15) is 0 Å². The van der Waals surface area contributed by atoms with E-state index in [1.165, 1.54) is 30.6 Å². The molecule has 2 N–H and O–H groups in total. The maximum absolute atomic E-state index is 13.8. The van der Waals surface area contributed by atoms with Gasteiger partial charge in [-0.3, -0.25) is 9.71 Å². The average Bonchev–Trinajstić information content (AvgIpc) is 2.53. The van der Waals surface area contributed by atoms with Crippen LogP contribution in [0.5, 0.6) is 5.75 Å². The van der Waals surface area contributed by atoms with Crippen LogP contribution in [0.4, 0.5) is 10.1 Å². The van der Waals surface area contributed by atoms with Gasteiger partial charge in [0.2, 0.25) is 0 Å². The summed E-state index contributed by atoms with van der Waals surface area (Å²) in [6.07, 6.45) is 2.70. The van der Waals surface area contributed by atoms with Crippen LogP contribution in [0.3, 0.4) is 0 Å². The summed E-state index contributed by atoms with van der Waals surface area (Å²) in [6, 6.07) is 6.15. The number of aromatic hydroxyl groups is 1. The molecule has 9 heteroatoms. The fourth-order valence-electron chi connectivity index (χ4n) is 2.19. The van der Waals surface area contributed by atoms with Gasteiger partial charge in [0.05, 0.1) is 10.7 Å². The molecule has 3 aromatic rings. The molecule has 0 aliphatic rings. The molecule has 0 atom stereocenters. The maximum Gasteiger partial charge on any atom is 0.265 e. The maximum atomic E-state index is 13.8. The van der Waals surface area contributed by atoms with Crippen LogP contribution in [0.15, 0.2) is 47.6 Å². The Kier molecular flexibility index (Phi) is 4.25. The summed E-state index contributed by atoms with van der Waals surface area (Å²) in [5.41, 5.74) is 0.129. The molecule has 0 spiro atoms. The summed E-state index contributed by atoms with van der Waals surface area (Å²) in [6.45, 7) is 0. The molecule has 0 fully saturated rings. The molecule has 1 heterocycles. The first kappa shape index (κ1) is 16.8.